The lowest BCUT2D eigenvalue weighted by atomic mass is 10.1. The molecular formula is C10H18N4. The molecule has 0 aromatic carbocycles. The number of likely N-dealkylation sites (tertiary alicyclic amines) is 1. The van der Waals surface area contributed by atoms with Crippen molar-refractivity contribution in [3.05, 3.63) is 17.5 Å². The van der Waals surface area contributed by atoms with Crippen molar-refractivity contribution >= 4 is 0 Å². The molecule has 0 bridgehead atoms. The van der Waals surface area contributed by atoms with Gasteiger partial charge in [0.05, 0.1) is 5.69 Å². The average molecular weight is 194 g/mol. The molecule has 0 saturated carbocycles. The molecular weight excluding hydrogens is 176 g/mol. The molecule has 3 N–H and O–H groups in total. The summed E-state index contributed by atoms with van der Waals surface area (Å²) in [4.78, 5) is 2.38. The van der Waals surface area contributed by atoms with Crippen LogP contribution >= 0.6 is 0 Å². The molecule has 1 fully saturated rings. The number of rotatable bonds is 2. The van der Waals surface area contributed by atoms with Crippen molar-refractivity contribution in [2.24, 2.45) is 5.73 Å². The third-order valence-electron chi connectivity index (χ3n) is 2.69. The largest absolute Gasteiger partial charge is 0.327 e. The molecule has 1 atom stereocenters. The van der Waals surface area contributed by atoms with E-state index in [0.29, 0.717) is 6.04 Å². The summed E-state index contributed by atoms with van der Waals surface area (Å²) in [7, 11) is 0. The van der Waals surface area contributed by atoms with E-state index in [1.165, 1.54) is 6.42 Å². The number of nitrogens with two attached hydrogens (primary N) is 1. The minimum absolute atomic E-state index is 0.351. The first-order valence-corrected chi connectivity index (χ1v) is 5.23. The monoisotopic (exact) mass is 194 g/mol. The normalized spacial score (nSPS) is 24.0. The van der Waals surface area contributed by atoms with Crippen LogP contribution in [0.1, 0.15) is 24.2 Å². The quantitative estimate of drug-likeness (QED) is 0.726. The number of H-pyrrole nitrogens is 1. The zero-order chi connectivity index (χ0) is 9.97. The van der Waals surface area contributed by atoms with Crippen LogP contribution in [-0.2, 0) is 6.54 Å². The van der Waals surface area contributed by atoms with E-state index in [1.807, 2.05) is 6.92 Å². The number of nitrogens with one attached hydrogen (secondary N) is 1. The molecule has 78 valence electrons. The fourth-order valence-corrected chi connectivity index (χ4v) is 2.02. The third kappa shape index (κ3) is 2.33. The maximum Gasteiger partial charge on any atom is 0.0765 e. The molecule has 0 unspecified atom stereocenters. The van der Waals surface area contributed by atoms with E-state index in [4.69, 9.17) is 5.73 Å². The molecule has 1 aromatic heterocycles. The fourth-order valence-electron chi connectivity index (χ4n) is 2.02. The Hall–Kier alpha value is -0.870. The Balaban J connectivity index is 1.90. The minimum atomic E-state index is 0.351. The molecule has 1 saturated heterocycles. The number of hydrogen-bond donors (Lipinski definition) is 2. The first-order chi connectivity index (χ1) is 6.74. The van der Waals surface area contributed by atoms with Crippen LogP contribution in [0.2, 0.25) is 0 Å². The van der Waals surface area contributed by atoms with Gasteiger partial charge in [0, 0.05) is 24.8 Å². The second kappa shape index (κ2) is 4.11. The molecule has 0 radical (unpaired) electrons. The predicted octanol–water partition coefficient (Wildman–Crippen LogP) is 0.641. The van der Waals surface area contributed by atoms with Crippen LogP contribution in [-0.4, -0.2) is 34.2 Å². The smallest absolute Gasteiger partial charge is 0.0765 e. The molecule has 0 aliphatic carbocycles. The van der Waals surface area contributed by atoms with Crippen molar-refractivity contribution in [1.29, 1.82) is 0 Å². The van der Waals surface area contributed by atoms with Crippen LogP contribution in [0.25, 0.3) is 0 Å². The van der Waals surface area contributed by atoms with Gasteiger partial charge < -0.3 is 5.73 Å². The van der Waals surface area contributed by atoms with Gasteiger partial charge in [-0.1, -0.05) is 0 Å². The van der Waals surface area contributed by atoms with Crippen molar-refractivity contribution < 1.29 is 0 Å². The van der Waals surface area contributed by atoms with Gasteiger partial charge in [0.25, 0.3) is 0 Å². The lowest BCUT2D eigenvalue weighted by Gasteiger charge is -2.29. The number of hydrogen-bond acceptors (Lipinski definition) is 3. The summed E-state index contributed by atoms with van der Waals surface area (Å²) in [5.74, 6) is 0. The summed E-state index contributed by atoms with van der Waals surface area (Å²) in [5, 5.41) is 7.19. The third-order valence-corrected chi connectivity index (χ3v) is 2.69. The Morgan fingerprint density at radius 1 is 1.71 bits per heavy atom. The van der Waals surface area contributed by atoms with E-state index >= 15 is 0 Å². The molecule has 4 nitrogen and oxygen atoms in total. The van der Waals surface area contributed by atoms with Crippen molar-refractivity contribution in [2.75, 3.05) is 13.1 Å². The SMILES string of the molecule is Cc1cc(CN2CCC[C@@H](N)C2)n[nH]1. The van der Waals surface area contributed by atoms with Crippen LogP contribution in [0.4, 0.5) is 0 Å². The van der Waals surface area contributed by atoms with Gasteiger partial charge >= 0.3 is 0 Å². The Morgan fingerprint density at radius 2 is 2.57 bits per heavy atom. The maximum atomic E-state index is 5.91. The lowest BCUT2D eigenvalue weighted by Crippen LogP contribution is -2.42. The van der Waals surface area contributed by atoms with Crippen molar-refractivity contribution in [3.8, 4) is 0 Å². The zero-order valence-corrected chi connectivity index (χ0v) is 8.66. The molecule has 1 aliphatic rings. The van der Waals surface area contributed by atoms with E-state index in [0.717, 1.165) is 37.4 Å². The van der Waals surface area contributed by atoms with Crippen LogP contribution in [0, 0.1) is 6.92 Å². The van der Waals surface area contributed by atoms with E-state index in [9.17, 15) is 0 Å². The summed E-state index contributed by atoms with van der Waals surface area (Å²) in [6, 6.07) is 2.45. The molecule has 1 aromatic rings. The van der Waals surface area contributed by atoms with Gasteiger partial charge in [-0.05, 0) is 32.4 Å². The van der Waals surface area contributed by atoms with Crippen molar-refractivity contribution in [3.63, 3.8) is 0 Å². The van der Waals surface area contributed by atoms with E-state index in [1.54, 1.807) is 0 Å². The highest BCUT2D eigenvalue weighted by molar-refractivity contribution is 5.06. The molecule has 2 heterocycles. The summed E-state index contributed by atoms with van der Waals surface area (Å²) >= 11 is 0. The predicted molar refractivity (Wildman–Crippen MR) is 55.8 cm³/mol. The summed E-state index contributed by atoms with van der Waals surface area (Å²) in [6.45, 7) is 5.11. The first-order valence-electron chi connectivity index (χ1n) is 5.23. The number of nitrogens with zero attached hydrogens (tertiary/aromatic N) is 2. The topological polar surface area (TPSA) is 57.9 Å². The summed E-state index contributed by atoms with van der Waals surface area (Å²) in [6.07, 6.45) is 2.38. The second-order valence-electron chi connectivity index (χ2n) is 4.18. The van der Waals surface area contributed by atoms with Crippen LogP contribution in [0.3, 0.4) is 0 Å². The first kappa shape index (κ1) is 9.68. The molecule has 4 heteroatoms. The van der Waals surface area contributed by atoms with Crippen LogP contribution in [0.15, 0.2) is 6.07 Å². The Labute approximate surface area is 84.5 Å². The van der Waals surface area contributed by atoms with Gasteiger partial charge in [0.1, 0.15) is 0 Å². The molecule has 0 amide bonds. The Bertz CT molecular complexity index is 294. The molecule has 0 spiro atoms. The van der Waals surface area contributed by atoms with Crippen LogP contribution < -0.4 is 5.73 Å². The zero-order valence-electron chi connectivity index (χ0n) is 8.66. The van der Waals surface area contributed by atoms with Gasteiger partial charge in [0.2, 0.25) is 0 Å². The van der Waals surface area contributed by atoms with Gasteiger partial charge in [-0.25, -0.2) is 0 Å². The second-order valence-corrected chi connectivity index (χ2v) is 4.18. The summed E-state index contributed by atoms with van der Waals surface area (Å²) < 4.78 is 0. The molecule has 1 aliphatic heterocycles. The van der Waals surface area contributed by atoms with Crippen LogP contribution in [0.5, 0.6) is 0 Å². The number of aryl methyl sites for hydroxylation is 1. The van der Waals surface area contributed by atoms with E-state index < -0.39 is 0 Å². The minimum Gasteiger partial charge on any atom is -0.327 e. The highest BCUT2D eigenvalue weighted by Gasteiger charge is 2.17. The molecule has 14 heavy (non-hydrogen) atoms. The van der Waals surface area contributed by atoms with Crippen molar-refractivity contribution in [2.45, 2.75) is 32.4 Å². The standard InChI is InChI=1S/C10H18N4/c1-8-5-10(13-12-8)7-14-4-2-3-9(11)6-14/h5,9H,2-4,6-7,11H2,1H3,(H,12,13)/t9-/m1/s1. The number of piperidine rings is 1. The number of aromatic nitrogens is 2. The van der Waals surface area contributed by atoms with Gasteiger partial charge in [0.15, 0.2) is 0 Å². The van der Waals surface area contributed by atoms with Gasteiger partial charge in [-0.15, -0.1) is 0 Å². The Morgan fingerprint density at radius 3 is 3.21 bits per heavy atom. The van der Waals surface area contributed by atoms with Gasteiger partial charge in [-0.3, -0.25) is 10.00 Å². The highest BCUT2D eigenvalue weighted by Crippen LogP contribution is 2.11. The van der Waals surface area contributed by atoms with E-state index in [2.05, 4.69) is 21.2 Å². The number of aromatic amines is 1. The average Bonchev–Trinajstić information content (AvgIpc) is 2.51. The summed E-state index contributed by atoms with van der Waals surface area (Å²) in [5.41, 5.74) is 8.16. The fraction of sp³-hybridized carbons (Fsp3) is 0.700. The molecule has 2 rings (SSSR count). The maximum absolute atomic E-state index is 5.91. The van der Waals surface area contributed by atoms with Crippen molar-refractivity contribution in [1.82, 2.24) is 15.1 Å². The van der Waals surface area contributed by atoms with E-state index in [-0.39, 0.29) is 0 Å². The van der Waals surface area contributed by atoms with Gasteiger partial charge in [-0.2, -0.15) is 5.10 Å². The Kier molecular flexibility index (Phi) is 2.84. The lowest BCUT2D eigenvalue weighted by molar-refractivity contribution is 0.199. The highest BCUT2D eigenvalue weighted by atomic mass is 15.2.